The molecule has 1 aromatic rings. The van der Waals surface area contributed by atoms with Gasteiger partial charge in [0.25, 0.3) is 0 Å². The van der Waals surface area contributed by atoms with Crippen molar-refractivity contribution in [3.05, 3.63) is 39.9 Å². The largest absolute Gasteiger partial charge is 0.480 e. The average Bonchev–Trinajstić information content (AvgIpc) is 2.36. The fourth-order valence-corrected chi connectivity index (χ4v) is 2.27. The molecule has 0 spiro atoms. The van der Waals surface area contributed by atoms with Crippen LogP contribution in [0.25, 0.3) is 6.08 Å². The minimum absolute atomic E-state index is 0.161. The maximum absolute atomic E-state index is 11.8. The molecule has 0 aliphatic carbocycles. The lowest BCUT2D eigenvalue weighted by Gasteiger charge is -2.15. The molecule has 1 rings (SSSR count). The Kier molecular flexibility index (Phi) is 6.72. The monoisotopic (exact) mass is 329 g/mol. The zero-order valence-electron chi connectivity index (χ0n) is 11.8. The molecule has 0 fully saturated rings. The molecule has 0 radical (unpaired) electrons. The van der Waals surface area contributed by atoms with E-state index in [0.29, 0.717) is 22.0 Å². The number of carboxylic acids is 1. The third-order valence-electron chi connectivity index (χ3n) is 2.72. The van der Waals surface area contributed by atoms with Gasteiger partial charge in [0.05, 0.1) is 0 Å². The summed E-state index contributed by atoms with van der Waals surface area (Å²) >= 11 is 12.0. The minimum Gasteiger partial charge on any atom is -0.480 e. The van der Waals surface area contributed by atoms with Gasteiger partial charge in [-0.05, 0) is 30.5 Å². The summed E-state index contributed by atoms with van der Waals surface area (Å²) in [4.78, 5) is 22.9. The normalized spacial score (nSPS) is 12.6. The molecule has 0 aliphatic rings. The molecule has 2 N–H and O–H groups in total. The highest BCUT2D eigenvalue weighted by Crippen LogP contribution is 2.25. The number of carbonyl (C=O) groups excluding carboxylic acids is 1. The van der Waals surface area contributed by atoms with Gasteiger partial charge in [0.1, 0.15) is 6.04 Å². The Bertz CT molecular complexity index is 536. The van der Waals surface area contributed by atoms with Gasteiger partial charge in [-0.25, -0.2) is 4.79 Å². The van der Waals surface area contributed by atoms with Crippen LogP contribution >= 0.6 is 23.2 Å². The van der Waals surface area contributed by atoms with Crippen molar-refractivity contribution in [1.29, 1.82) is 0 Å². The first-order valence-electron chi connectivity index (χ1n) is 6.46. The zero-order valence-corrected chi connectivity index (χ0v) is 13.3. The van der Waals surface area contributed by atoms with Gasteiger partial charge < -0.3 is 10.4 Å². The number of carbonyl (C=O) groups is 2. The van der Waals surface area contributed by atoms with Crippen LogP contribution in [0.1, 0.15) is 25.8 Å². The van der Waals surface area contributed by atoms with Crippen LogP contribution in [-0.4, -0.2) is 23.0 Å². The summed E-state index contributed by atoms with van der Waals surface area (Å²) in [5.74, 6) is -1.39. The van der Waals surface area contributed by atoms with Crippen molar-refractivity contribution < 1.29 is 14.7 Å². The second-order valence-electron chi connectivity index (χ2n) is 5.00. The van der Waals surface area contributed by atoms with Crippen LogP contribution in [0.5, 0.6) is 0 Å². The van der Waals surface area contributed by atoms with E-state index in [4.69, 9.17) is 28.3 Å². The number of hydrogen-bond acceptors (Lipinski definition) is 2. The fraction of sp³-hybridized carbons (Fsp3) is 0.333. The van der Waals surface area contributed by atoms with Crippen LogP contribution in [0.3, 0.4) is 0 Å². The third kappa shape index (κ3) is 5.78. The third-order valence-corrected chi connectivity index (χ3v) is 3.38. The molecule has 1 atom stereocenters. The number of carboxylic acid groups (broad SMARTS) is 1. The van der Waals surface area contributed by atoms with Gasteiger partial charge in [-0.1, -0.05) is 43.1 Å². The number of benzene rings is 1. The summed E-state index contributed by atoms with van der Waals surface area (Å²) in [7, 11) is 0. The zero-order chi connectivity index (χ0) is 16.0. The van der Waals surface area contributed by atoms with E-state index in [2.05, 4.69) is 5.32 Å². The van der Waals surface area contributed by atoms with Crippen LogP contribution in [0.2, 0.25) is 10.0 Å². The molecule has 0 aromatic heterocycles. The summed E-state index contributed by atoms with van der Waals surface area (Å²) in [5.41, 5.74) is 0.520. The highest BCUT2D eigenvalue weighted by atomic mass is 35.5. The van der Waals surface area contributed by atoms with E-state index >= 15 is 0 Å². The molecular weight excluding hydrogens is 313 g/mol. The number of nitrogens with one attached hydrogen (secondary N) is 1. The molecule has 0 aliphatic heterocycles. The van der Waals surface area contributed by atoms with Gasteiger partial charge in [0.15, 0.2) is 0 Å². The first kappa shape index (κ1) is 17.5. The van der Waals surface area contributed by atoms with E-state index in [1.54, 1.807) is 18.2 Å². The van der Waals surface area contributed by atoms with Crippen molar-refractivity contribution in [2.24, 2.45) is 5.92 Å². The van der Waals surface area contributed by atoms with Crippen LogP contribution in [-0.2, 0) is 9.59 Å². The lowest BCUT2D eigenvalue weighted by atomic mass is 10.0. The van der Waals surface area contributed by atoms with Crippen molar-refractivity contribution in [3.63, 3.8) is 0 Å². The molecule has 0 heterocycles. The van der Waals surface area contributed by atoms with Crippen molar-refractivity contribution in [3.8, 4) is 0 Å². The second kappa shape index (κ2) is 8.05. The SMILES string of the molecule is CC(C)C[C@@H](NC(=O)C=Cc1c(Cl)cccc1Cl)C(=O)O. The molecule has 0 saturated carbocycles. The quantitative estimate of drug-likeness (QED) is 0.783. The van der Waals surface area contributed by atoms with Crippen molar-refractivity contribution in [2.75, 3.05) is 0 Å². The second-order valence-corrected chi connectivity index (χ2v) is 5.81. The summed E-state index contributed by atoms with van der Waals surface area (Å²) < 4.78 is 0. The highest BCUT2D eigenvalue weighted by Gasteiger charge is 2.19. The van der Waals surface area contributed by atoms with Gasteiger partial charge in [-0.2, -0.15) is 0 Å². The molecule has 1 amide bonds. The van der Waals surface area contributed by atoms with Crippen LogP contribution in [0, 0.1) is 5.92 Å². The maximum Gasteiger partial charge on any atom is 0.326 e. The minimum atomic E-state index is -1.05. The molecule has 4 nitrogen and oxygen atoms in total. The predicted octanol–water partition coefficient (Wildman–Crippen LogP) is 3.62. The standard InChI is InChI=1S/C15H17Cl2NO3/c1-9(2)8-13(15(20)21)18-14(19)7-6-10-11(16)4-3-5-12(10)17/h3-7,9,13H,8H2,1-2H3,(H,18,19)(H,20,21)/t13-/m1/s1. The molecule has 0 saturated heterocycles. The van der Waals surface area contributed by atoms with E-state index in [1.165, 1.54) is 12.2 Å². The molecule has 6 heteroatoms. The molecule has 0 unspecified atom stereocenters. The highest BCUT2D eigenvalue weighted by molar-refractivity contribution is 6.37. The van der Waals surface area contributed by atoms with Gasteiger partial charge in [0, 0.05) is 21.7 Å². The molecule has 114 valence electrons. The fourth-order valence-electron chi connectivity index (χ4n) is 1.74. The van der Waals surface area contributed by atoms with Crippen molar-refractivity contribution >= 4 is 41.2 Å². The van der Waals surface area contributed by atoms with E-state index in [9.17, 15) is 9.59 Å². The Labute approximate surface area is 133 Å². The molecule has 21 heavy (non-hydrogen) atoms. The number of halogens is 2. The lowest BCUT2D eigenvalue weighted by Crippen LogP contribution is -2.40. The topological polar surface area (TPSA) is 66.4 Å². The average molecular weight is 330 g/mol. The Morgan fingerprint density at radius 2 is 1.86 bits per heavy atom. The number of rotatable bonds is 6. The van der Waals surface area contributed by atoms with E-state index in [0.717, 1.165) is 0 Å². The van der Waals surface area contributed by atoms with E-state index < -0.39 is 17.9 Å². The summed E-state index contributed by atoms with van der Waals surface area (Å²) in [6, 6.07) is 4.10. The molecule has 0 bridgehead atoms. The van der Waals surface area contributed by atoms with Gasteiger partial charge in [0.2, 0.25) is 5.91 Å². The van der Waals surface area contributed by atoms with Crippen molar-refractivity contribution in [1.82, 2.24) is 5.32 Å². The first-order chi connectivity index (χ1) is 9.81. The Morgan fingerprint density at radius 1 is 1.29 bits per heavy atom. The molecular formula is C15H17Cl2NO3. The number of aliphatic carboxylic acids is 1. The summed E-state index contributed by atoms with van der Waals surface area (Å²) in [6.07, 6.45) is 3.05. The maximum atomic E-state index is 11.8. The Hall–Kier alpha value is -1.52. The number of amides is 1. The summed E-state index contributed by atoms with van der Waals surface area (Å²) in [6.45, 7) is 3.78. The van der Waals surface area contributed by atoms with Gasteiger partial charge in [-0.3, -0.25) is 4.79 Å². The van der Waals surface area contributed by atoms with E-state index in [1.807, 2.05) is 13.8 Å². The van der Waals surface area contributed by atoms with Crippen LogP contribution < -0.4 is 5.32 Å². The lowest BCUT2D eigenvalue weighted by molar-refractivity contribution is -0.141. The first-order valence-corrected chi connectivity index (χ1v) is 7.22. The van der Waals surface area contributed by atoms with E-state index in [-0.39, 0.29) is 5.92 Å². The van der Waals surface area contributed by atoms with Crippen molar-refractivity contribution in [2.45, 2.75) is 26.3 Å². The number of hydrogen-bond donors (Lipinski definition) is 2. The molecule has 1 aromatic carbocycles. The smallest absolute Gasteiger partial charge is 0.326 e. The van der Waals surface area contributed by atoms with Gasteiger partial charge in [-0.15, -0.1) is 0 Å². The van der Waals surface area contributed by atoms with Crippen LogP contribution in [0.4, 0.5) is 0 Å². The Balaban J connectivity index is 2.76. The Morgan fingerprint density at radius 3 is 2.33 bits per heavy atom. The predicted molar refractivity (Wildman–Crippen MR) is 84.5 cm³/mol. The van der Waals surface area contributed by atoms with Crippen LogP contribution in [0.15, 0.2) is 24.3 Å². The van der Waals surface area contributed by atoms with Gasteiger partial charge >= 0.3 is 5.97 Å². The summed E-state index contributed by atoms with van der Waals surface area (Å²) in [5, 5.41) is 12.3.